The van der Waals surface area contributed by atoms with E-state index in [0.29, 0.717) is 0 Å². The number of rotatable bonds is 3. The van der Waals surface area contributed by atoms with Gasteiger partial charge in [0.2, 0.25) is 0 Å². The second kappa shape index (κ2) is 4.76. The van der Waals surface area contributed by atoms with Crippen molar-refractivity contribution < 1.29 is 13.6 Å². The molecule has 0 spiro atoms. The highest BCUT2D eigenvalue weighted by Gasteiger charge is 2.43. The molecule has 0 radical (unpaired) electrons. The van der Waals surface area contributed by atoms with Crippen LogP contribution in [0.25, 0.3) is 0 Å². The normalized spacial score (nSPS) is 18.3. The largest absolute Gasteiger partial charge is 0.297 e. The van der Waals surface area contributed by atoms with Crippen LogP contribution in [0.15, 0.2) is 18.2 Å². The maximum absolute atomic E-state index is 13.2. The smallest absolute Gasteiger partial charge is 0.183 e. The fourth-order valence-corrected chi connectivity index (χ4v) is 2.74. The number of benzene rings is 1. The number of halogens is 2. The molecule has 2 rings (SSSR count). The minimum Gasteiger partial charge on any atom is -0.297 e. The molecule has 0 amide bonds. The molecule has 0 heterocycles. The lowest BCUT2D eigenvalue weighted by Crippen LogP contribution is -2.48. The molecule has 0 unspecified atom stereocenters. The highest BCUT2D eigenvalue weighted by Crippen LogP contribution is 2.36. The van der Waals surface area contributed by atoms with Gasteiger partial charge in [0.1, 0.15) is 0 Å². The second-order valence-electron chi connectivity index (χ2n) is 5.09. The fraction of sp³-hybridized carbons (Fsp3) is 0.500. The van der Waals surface area contributed by atoms with Crippen molar-refractivity contribution >= 4 is 5.78 Å². The molecular weight excluding hydrogens is 236 g/mol. The van der Waals surface area contributed by atoms with Crippen LogP contribution in [-0.2, 0) is 0 Å². The summed E-state index contributed by atoms with van der Waals surface area (Å²) in [4.78, 5) is 14.4. The highest BCUT2D eigenvalue weighted by atomic mass is 19.2. The molecule has 0 N–H and O–H groups in total. The minimum absolute atomic E-state index is 0.107. The van der Waals surface area contributed by atoms with Crippen LogP contribution in [-0.4, -0.2) is 30.3 Å². The van der Waals surface area contributed by atoms with Crippen molar-refractivity contribution in [2.75, 3.05) is 14.1 Å². The van der Waals surface area contributed by atoms with Gasteiger partial charge in [-0.1, -0.05) is 12.8 Å². The van der Waals surface area contributed by atoms with Crippen LogP contribution in [0.1, 0.15) is 36.0 Å². The van der Waals surface area contributed by atoms with Gasteiger partial charge in [0.15, 0.2) is 17.4 Å². The van der Waals surface area contributed by atoms with E-state index in [-0.39, 0.29) is 11.3 Å². The Morgan fingerprint density at radius 2 is 1.78 bits per heavy atom. The van der Waals surface area contributed by atoms with Gasteiger partial charge in [-0.3, -0.25) is 9.69 Å². The number of hydrogen-bond donors (Lipinski definition) is 0. The minimum atomic E-state index is -0.965. The van der Waals surface area contributed by atoms with Crippen molar-refractivity contribution in [1.29, 1.82) is 0 Å². The van der Waals surface area contributed by atoms with Crippen molar-refractivity contribution in [1.82, 2.24) is 4.90 Å². The lowest BCUT2D eigenvalue weighted by molar-refractivity contribution is 0.0693. The first-order chi connectivity index (χ1) is 8.47. The molecule has 98 valence electrons. The van der Waals surface area contributed by atoms with E-state index >= 15 is 0 Å². The molecule has 1 aliphatic carbocycles. The van der Waals surface area contributed by atoms with Crippen LogP contribution in [0.5, 0.6) is 0 Å². The molecular formula is C14H17F2NO. The Labute approximate surface area is 106 Å². The predicted molar refractivity (Wildman–Crippen MR) is 65.6 cm³/mol. The quantitative estimate of drug-likeness (QED) is 0.772. The summed E-state index contributed by atoms with van der Waals surface area (Å²) in [7, 11) is 3.73. The summed E-state index contributed by atoms with van der Waals surface area (Å²) in [5.41, 5.74) is -0.297. The van der Waals surface area contributed by atoms with Crippen LogP contribution in [0.2, 0.25) is 0 Å². The van der Waals surface area contributed by atoms with Gasteiger partial charge in [0, 0.05) is 5.56 Å². The zero-order valence-corrected chi connectivity index (χ0v) is 10.7. The number of carbonyl (C=O) groups excluding carboxylic acids is 1. The SMILES string of the molecule is CN(C)C1(C(=O)c2ccc(F)c(F)c2)CCCC1. The Kier molecular flexibility index (Phi) is 3.48. The van der Waals surface area contributed by atoms with Crippen molar-refractivity contribution in [3.05, 3.63) is 35.4 Å². The third-order valence-electron chi connectivity index (χ3n) is 3.89. The van der Waals surface area contributed by atoms with Crippen molar-refractivity contribution in [2.24, 2.45) is 0 Å². The second-order valence-corrected chi connectivity index (χ2v) is 5.09. The molecule has 1 fully saturated rings. The molecule has 18 heavy (non-hydrogen) atoms. The molecule has 1 aliphatic rings. The Morgan fingerprint density at radius 3 is 2.28 bits per heavy atom. The predicted octanol–water partition coefficient (Wildman–Crippen LogP) is 3.02. The van der Waals surface area contributed by atoms with E-state index in [4.69, 9.17) is 0 Å². The topological polar surface area (TPSA) is 20.3 Å². The molecule has 4 heteroatoms. The highest BCUT2D eigenvalue weighted by molar-refractivity contribution is 6.03. The summed E-state index contributed by atoms with van der Waals surface area (Å²) in [6.07, 6.45) is 3.54. The number of ketones is 1. The molecule has 1 aromatic rings. The maximum atomic E-state index is 13.2. The first kappa shape index (κ1) is 13.1. The van der Waals surface area contributed by atoms with Gasteiger partial charge < -0.3 is 0 Å². The average molecular weight is 253 g/mol. The maximum Gasteiger partial charge on any atom is 0.183 e. The lowest BCUT2D eigenvalue weighted by Gasteiger charge is -2.34. The number of Topliss-reactive ketones (excluding diaryl/α,β-unsaturated/α-hetero) is 1. The molecule has 0 aromatic heterocycles. The van der Waals surface area contributed by atoms with Crippen LogP contribution < -0.4 is 0 Å². The summed E-state index contributed by atoms with van der Waals surface area (Å²) in [6, 6.07) is 3.38. The summed E-state index contributed by atoms with van der Waals surface area (Å²) < 4.78 is 26.1. The van der Waals surface area contributed by atoms with Crippen molar-refractivity contribution in [2.45, 2.75) is 31.2 Å². The Balaban J connectivity index is 2.37. The summed E-state index contributed by atoms with van der Waals surface area (Å²) >= 11 is 0. The first-order valence-corrected chi connectivity index (χ1v) is 6.15. The van der Waals surface area contributed by atoms with Gasteiger partial charge in [-0.15, -0.1) is 0 Å². The number of hydrogen-bond acceptors (Lipinski definition) is 2. The summed E-state index contributed by atoms with van der Waals surface area (Å²) in [6.45, 7) is 0. The Hall–Kier alpha value is -1.29. The number of nitrogens with zero attached hydrogens (tertiary/aromatic N) is 1. The summed E-state index contributed by atoms with van der Waals surface area (Å²) in [5.74, 6) is -1.99. The molecule has 2 nitrogen and oxygen atoms in total. The van der Waals surface area contributed by atoms with E-state index in [2.05, 4.69) is 0 Å². The van der Waals surface area contributed by atoms with Crippen LogP contribution in [0, 0.1) is 11.6 Å². The monoisotopic (exact) mass is 253 g/mol. The van der Waals surface area contributed by atoms with E-state index in [1.54, 1.807) is 0 Å². The molecule has 0 bridgehead atoms. The molecule has 1 saturated carbocycles. The Bertz CT molecular complexity index is 465. The third-order valence-corrected chi connectivity index (χ3v) is 3.89. The number of likely N-dealkylation sites (N-methyl/N-ethyl adjacent to an activating group) is 1. The van der Waals surface area contributed by atoms with Crippen molar-refractivity contribution in [3.8, 4) is 0 Å². The van der Waals surface area contributed by atoms with Gasteiger partial charge in [0.25, 0.3) is 0 Å². The van der Waals surface area contributed by atoms with E-state index in [9.17, 15) is 13.6 Å². The Morgan fingerprint density at radius 1 is 1.17 bits per heavy atom. The zero-order chi connectivity index (χ0) is 13.3. The van der Waals surface area contributed by atoms with Gasteiger partial charge in [-0.25, -0.2) is 8.78 Å². The third kappa shape index (κ3) is 2.05. The van der Waals surface area contributed by atoms with Crippen LogP contribution in [0.3, 0.4) is 0 Å². The average Bonchev–Trinajstić information content (AvgIpc) is 2.82. The van der Waals surface area contributed by atoms with Crippen LogP contribution in [0.4, 0.5) is 8.78 Å². The molecule has 0 aliphatic heterocycles. The lowest BCUT2D eigenvalue weighted by atomic mass is 9.86. The molecule has 0 saturated heterocycles. The van der Waals surface area contributed by atoms with E-state index in [1.165, 1.54) is 6.07 Å². The summed E-state index contributed by atoms with van der Waals surface area (Å²) in [5, 5.41) is 0. The van der Waals surface area contributed by atoms with Crippen molar-refractivity contribution in [3.63, 3.8) is 0 Å². The zero-order valence-electron chi connectivity index (χ0n) is 10.7. The number of carbonyl (C=O) groups is 1. The van der Waals surface area contributed by atoms with Gasteiger partial charge >= 0.3 is 0 Å². The van der Waals surface area contributed by atoms with E-state index in [0.717, 1.165) is 37.8 Å². The van der Waals surface area contributed by atoms with Gasteiger partial charge in [0.05, 0.1) is 5.54 Å². The van der Waals surface area contributed by atoms with Gasteiger partial charge in [-0.05, 0) is 45.1 Å². The fourth-order valence-electron chi connectivity index (χ4n) is 2.74. The van der Waals surface area contributed by atoms with E-state index in [1.807, 2.05) is 19.0 Å². The standard InChI is InChI=1S/C14H17F2NO/c1-17(2)14(7-3-4-8-14)13(18)10-5-6-11(15)12(16)9-10/h5-6,9H,3-4,7-8H2,1-2H3. The van der Waals surface area contributed by atoms with E-state index < -0.39 is 17.2 Å². The van der Waals surface area contributed by atoms with Crippen LogP contribution >= 0.6 is 0 Å². The van der Waals surface area contributed by atoms with Gasteiger partial charge in [-0.2, -0.15) is 0 Å². The first-order valence-electron chi connectivity index (χ1n) is 6.15. The molecule has 1 aromatic carbocycles. The molecule has 0 atom stereocenters.